The number of para-hydroxylation sites is 3. The van der Waals surface area contributed by atoms with Gasteiger partial charge in [-0.3, -0.25) is 4.79 Å². The van der Waals surface area contributed by atoms with Crippen LogP contribution in [0.25, 0.3) is 11.0 Å². The lowest BCUT2D eigenvalue weighted by Crippen LogP contribution is -2.31. The molecule has 1 aliphatic heterocycles. The van der Waals surface area contributed by atoms with Crippen molar-refractivity contribution in [2.24, 2.45) is 0 Å². The van der Waals surface area contributed by atoms with Crippen LogP contribution in [0.5, 0.6) is 5.75 Å². The van der Waals surface area contributed by atoms with Crippen molar-refractivity contribution in [3.63, 3.8) is 0 Å². The third-order valence-corrected chi connectivity index (χ3v) is 6.04. The Bertz CT molecular complexity index is 1020. The highest BCUT2D eigenvalue weighted by molar-refractivity contribution is 5.78. The minimum Gasteiger partial charge on any atom is -0.493 e. The van der Waals surface area contributed by atoms with Gasteiger partial charge in [-0.15, -0.1) is 0 Å². The SMILES string of the molecule is CCC(=O)N1CCC[C@H]1c1nc2ccccc2n1CCCOc1c(C)cccc1C. The number of nitrogens with zero attached hydrogens (tertiary/aromatic N) is 3. The van der Waals surface area contributed by atoms with Gasteiger partial charge in [-0.1, -0.05) is 37.3 Å². The number of ether oxygens (including phenoxy) is 1. The molecular formula is C25H31N3O2. The van der Waals surface area contributed by atoms with Crippen LogP contribution in [0.4, 0.5) is 0 Å². The summed E-state index contributed by atoms with van der Waals surface area (Å²) in [7, 11) is 0. The molecule has 158 valence electrons. The molecule has 1 atom stereocenters. The molecule has 2 heterocycles. The van der Waals surface area contributed by atoms with Gasteiger partial charge in [-0.05, 0) is 56.4 Å². The molecule has 1 saturated heterocycles. The summed E-state index contributed by atoms with van der Waals surface area (Å²) in [6.45, 7) is 8.42. The number of carbonyl (C=O) groups is 1. The van der Waals surface area contributed by atoms with Crippen LogP contribution in [0.1, 0.15) is 55.6 Å². The zero-order chi connectivity index (χ0) is 21.1. The monoisotopic (exact) mass is 405 g/mol. The van der Waals surface area contributed by atoms with Gasteiger partial charge in [0.05, 0.1) is 23.7 Å². The maximum atomic E-state index is 12.5. The lowest BCUT2D eigenvalue weighted by molar-refractivity contribution is -0.131. The molecule has 1 aliphatic rings. The smallest absolute Gasteiger partial charge is 0.222 e. The molecule has 5 heteroatoms. The lowest BCUT2D eigenvalue weighted by atomic mass is 10.1. The topological polar surface area (TPSA) is 47.4 Å². The van der Waals surface area contributed by atoms with Gasteiger partial charge in [0.2, 0.25) is 5.91 Å². The number of imidazole rings is 1. The predicted molar refractivity (Wildman–Crippen MR) is 120 cm³/mol. The Hall–Kier alpha value is -2.82. The van der Waals surface area contributed by atoms with E-state index < -0.39 is 0 Å². The third kappa shape index (κ3) is 3.93. The minimum absolute atomic E-state index is 0.0735. The number of fused-ring (bicyclic) bond motifs is 1. The second-order valence-electron chi connectivity index (χ2n) is 8.13. The van der Waals surface area contributed by atoms with E-state index in [1.54, 1.807) is 0 Å². The number of hydrogen-bond donors (Lipinski definition) is 0. The summed E-state index contributed by atoms with van der Waals surface area (Å²) < 4.78 is 8.42. The van der Waals surface area contributed by atoms with Gasteiger partial charge in [0.25, 0.3) is 0 Å². The fourth-order valence-corrected chi connectivity index (χ4v) is 4.54. The number of carbonyl (C=O) groups excluding carboxylic acids is 1. The van der Waals surface area contributed by atoms with Crippen molar-refractivity contribution < 1.29 is 9.53 Å². The largest absolute Gasteiger partial charge is 0.493 e. The molecule has 4 rings (SSSR count). The maximum absolute atomic E-state index is 12.5. The Balaban J connectivity index is 1.54. The Morgan fingerprint density at radius 2 is 1.90 bits per heavy atom. The van der Waals surface area contributed by atoms with Crippen LogP contribution in [0.3, 0.4) is 0 Å². The zero-order valence-corrected chi connectivity index (χ0v) is 18.2. The van der Waals surface area contributed by atoms with Crippen LogP contribution < -0.4 is 4.74 Å². The zero-order valence-electron chi connectivity index (χ0n) is 18.2. The molecule has 2 aromatic carbocycles. The van der Waals surface area contributed by atoms with Crippen molar-refractivity contribution in [3.05, 3.63) is 59.4 Å². The van der Waals surface area contributed by atoms with E-state index in [1.807, 2.05) is 17.9 Å². The Morgan fingerprint density at radius 1 is 1.13 bits per heavy atom. The second kappa shape index (κ2) is 8.90. The molecule has 1 amide bonds. The fraction of sp³-hybridized carbons (Fsp3) is 0.440. The van der Waals surface area contributed by atoms with Crippen LogP contribution in [-0.4, -0.2) is 33.5 Å². The Morgan fingerprint density at radius 3 is 2.67 bits per heavy atom. The van der Waals surface area contributed by atoms with Crippen LogP contribution >= 0.6 is 0 Å². The number of benzene rings is 2. The number of aromatic nitrogens is 2. The van der Waals surface area contributed by atoms with E-state index in [0.29, 0.717) is 13.0 Å². The van der Waals surface area contributed by atoms with Crippen molar-refractivity contribution in [1.82, 2.24) is 14.5 Å². The van der Waals surface area contributed by atoms with E-state index >= 15 is 0 Å². The molecule has 0 radical (unpaired) electrons. The number of aryl methyl sites for hydroxylation is 3. The first-order chi connectivity index (χ1) is 14.6. The number of amides is 1. The van der Waals surface area contributed by atoms with Gasteiger partial charge in [0.1, 0.15) is 11.6 Å². The van der Waals surface area contributed by atoms with E-state index in [-0.39, 0.29) is 11.9 Å². The highest BCUT2D eigenvalue weighted by Gasteiger charge is 2.32. The average molecular weight is 406 g/mol. The van der Waals surface area contributed by atoms with Crippen LogP contribution in [0.15, 0.2) is 42.5 Å². The summed E-state index contributed by atoms with van der Waals surface area (Å²) in [6.07, 6.45) is 3.44. The molecule has 0 N–H and O–H groups in total. The molecule has 0 saturated carbocycles. The summed E-state index contributed by atoms with van der Waals surface area (Å²) >= 11 is 0. The summed E-state index contributed by atoms with van der Waals surface area (Å²) in [5.41, 5.74) is 4.47. The molecule has 0 bridgehead atoms. The number of likely N-dealkylation sites (tertiary alicyclic amines) is 1. The quantitative estimate of drug-likeness (QED) is 0.508. The van der Waals surface area contributed by atoms with Crippen molar-refractivity contribution in [1.29, 1.82) is 0 Å². The van der Waals surface area contributed by atoms with Crippen LogP contribution in [-0.2, 0) is 11.3 Å². The standard InChI is InChI=1S/C25H31N3O2/c1-4-23(29)27-15-8-14-22(27)25-26-20-12-5-6-13-21(20)28(25)16-9-17-30-24-18(2)10-7-11-19(24)3/h5-7,10-13,22H,4,8-9,14-17H2,1-3H3/t22-/m0/s1. The molecule has 1 fully saturated rings. The molecule has 5 nitrogen and oxygen atoms in total. The van der Waals surface area contributed by atoms with Crippen LogP contribution in [0, 0.1) is 13.8 Å². The van der Waals surface area contributed by atoms with Gasteiger partial charge < -0.3 is 14.2 Å². The van der Waals surface area contributed by atoms with E-state index in [2.05, 4.69) is 54.8 Å². The highest BCUT2D eigenvalue weighted by atomic mass is 16.5. The maximum Gasteiger partial charge on any atom is 0.222 e. The van der Waals surface area contributed by atoms with E-state index in [9.17, 15) is 4.79 Å². The lowest BCUT2D eigenvalue weighted by Gasteiger charge is -2.25. The normalized spacial score (nSPS) is 16.4. The van der Waals surface area contributed by atoms with Crippen LogP contribution in [0.2, 0.25) is 0 Å². The van der Waals surface area contributed by atoms with E-state index in [1.165, 1.54) is 11.1 Å². The fourth-order valence-electron chi connectivity index (χ4n) is 4.54. The Labute approximate surface area is 178 Å². The average Bonchev–Trinajstić information content (AvgIpc) is 3.37. The Kier molecular flexibility index (Phi) is 6.07. The van der Waals surface area contributed by atoms with Gasteiger partial charge in [0, 0.05) is 19.5 Å². The summed E-state index contributed by atoms with van der Waals surface area (Å²) in [4.78, 5) is 19.4. The van der Waals surface area contributed by atoms with Crippen molar-refractivity contribution >= 4 is 16.9 Å². The second-order valence-corrected chi connectivity index (χ2v) is 8.13. The van der Waals surface area contributed by atoms with E-state index in [0.717, 1.165) is 55.0 Å². The summed E-state index contributed by atoms with van der Waals surface area (Å²) in [5, 5.41) is 0. The molecule has 1 aromatic heterocycles. The number of rotatable bonds is 7. The molecule has 0 spiro atoms. The van der Waals surface area contributed by atoms with Gasteiger partial charge >= 0.3 is 0 Å². The van der Waals surface area contributed by atoms with Crippen molar-refractivity contribution in [3.8, 4) is 5.75 Å². The van der Waals surface area contributed by atoms with E-state index in [4.69, 9.17) is 9.72 Å². The van der Waals surface area contributed by atoms with Gasteiger partial charge in [-0.25, -0.2) is 4.98 Å². The highest BCUT2D eigenvalue weighted by Crippen LogP contribution is 2.34. The minimum atomic E-state index is 0.0735. The first kappa shape index (κ1) is 20.5. The predicted octanol–water partition coefficient (Wildman–Crippen LogP) is 5.20. The van der Waals surface area contributed by atoms with Crippen molar-refractivity contribution in [2.45, 2.75) is 59.0 Å². The summed E-state index contributed by atoms with van der Waals surface area (Å²) in [5.74, 6) is 2.22. The van der Waals surface area contributed by atoms with Gasteiger partial charge in [-0.2, -0.15) is 0 Å². The van der Waals surface area contributed by atoms with Gasteiger partial charge in [0.15, 0.2) is 0 Å². The number of hydrogen-bond acceptors (Lipinski definition) is 3. The first-order valence-corrected chi connectivity index (χ1v) is 11.0. The third-order valence-electron chi connectivity index (χ3n) is 6.04. The summed E-state index contributed by atoms with van der Waals surface area (Å²) in [6, 6.07) is 14.6. The molecular weight excluding hydrogens is 374 g/mol. The molecule has 30 heavy (non-hydrogen) atoms. The molecule has 0 unspecified atom stereocenters. The van der Waals surface area contributed by atoms with Crippen molar-refractivity contribution in [2.75, 3.05) is 13.2 Å². The molecule has 0 aliphatic carbocycles. The molecule has 3 aromatic rings. The first-order valence-electron chi connectivity index (χ1n) is 11.0.